The number of ether oxygens (including phenoxy) is 5. The van der Waals surface area contributed by atoms with Crippen LogP contribution in [0.4, 0.5) is 5.69 Å². The Balaban J connectivity index is 1.94. The van der Waals surface area contributed by atoms with Crippen molar-refractivity contribution in [1.29, 1.82) is 0 Å². The molecule has 1 N–H and O–H groups in total. The van der Waals surface area contributed by atoms with Gasteiger partial charge in [-0.15, -0.1) is 0 Å². The maximum atomic E-state index is 12.0. The number of rotatable bonds is 9. The van der Waals surface area contributed by atoms with Crippen LogP contribution in [0.1, 0.15) is 26.3 Å². The second-order valence-corrected chi connectivity index (χ2v) is 7.83. The van der Waals surface area contributed by atoms with Crippen LogP contribution in [0, 0.1) is 0 Å². The third kappa shape index (κ3) is 7.29. The molecule has 2 aromatic rings. The summed E-state index contributed by atoms with van der Waals surface area (Å²) < 4.78 is 28.5. The van der Waals surface area contributed by atoms with Gasteiger partial charge in [-0.2, -0.15) is 0 Å². The summed E-state index contributed by atoms with van der Waals surface area (Å²) in [5.41, 5.74) is 1.63. The normalized spacial score (nSPS) is 24.0. The van der Waals surface area contributed by atoms with E-state index in [0.29, 0.717) is 0 Å². The lowest BCUT2D eigenvalue weighted by molar-refractivity contribution is -0.273. The van der Waals surface area contributed by atoms with Gasteiger partial charge in [-0.25, -0.2) is 0 Å². The zero-order valence-electron chi connectivity index (χ0n) is 19.3. The zero-order valence-corrected chi connectivity index (χ0v) is 19.3. The van der Waals surface area contributed by atoms with Crippen molar-refractivity contribution in [3.05, 3.63) is 66.2 Å². The van der Waals surface area contributed by atoms with Crippen LogP contribution in [-0.4, -0.2) is 55.2 Å². The van der Waals surface area contributed by atoms with Gasteiger partial charge in [0.05, 0.1) is 6.61 Å². The molecule has 182 valence electrons. The van der Waals surface area contributed by atoms with Gasteiger partial charge in [0, 0.05) is 26.5 Å². The molecule has 5 atom stereocenters. The van der Waals surface area contributed by atoms with E-state index in [2.05, 4.69) is 5.32 Å². The highest BCUT2D eigenvalue weighted by Crippen LogP contribution is 2.30. The quantitative estimate of drug-likeness (QED) is 0.436. The standard InChI is InChI=1S/C25H29NO8/c1-16(27)30-15-21-23(32-17(2)28)24(33-18(3)29)22(26-20-12-8-5-9-13-20)25(34-21)31-14-19-10-6-4-7-11-19/h4-13,21-26H,14-15H2,1-3H3/t21-,22-,23-,24-,25-/m1/s1. The molecule has 3 rings (SSSR count). The lowest BCUT2D eigenvalue weighted by atomic mass is 9.95. The van der Waals surface area contributed by atoms with Gasteiger partial charge in [-0.05, 0) is 17.7 Å². The Morgan fingerprint density at radius 1 is 0.824 bits per heavy atom. The van der Waals surface area contributed by atoms with Crippen molar-refractivity contribution in [2.75, 3.05) is 11.9 Å². The van der Waals surface area contributed by atoms with Crippen molar-refractivity contribution in [1.82, 2.24) is 0 Å². The minimum atomic E-state index is -1.04. The highest BCUT2D eigenvalue weighted by atomic mass is 16.7. The molecule has 0 unspecified atom stereocenters. The van der Waals surface area contributed by atoms with Gasteiger partial charge in [0.25, 0.3) is 0 Å². The van der Waals surface area contributed by atoms with Gasteiger partial charge in [0.1, 0.15) is 18.8 Å². The summed E-state index contributed by atoms with van der Waals surface area (Å²) >= 11 is 0. The Morgan fingerprint density at radius 2 is 1.41 bits per heavy atom. The van der Waals surface area contributed by atoms with E-state index >= 15 is 0 Å². The fourth-order valence-corrected chi connectivity index (χ4v) is 3.68. The fourth-order valence-electron chi connectivity index (χ4n) is 3.68. The van der Waals surface area contributed by atoms with Crippen LogP contribution in [0.3, 0.4) is 0 Å². The molecular formula is C25H29NO8. The van der Waals surface area contributed by atoms with E-state index in [9.17, 15) is 14.4 Å². The summed E-state index contributed by atoms with van der Waals surface area (Å²) in [6.07, 6.45) is -3.89. The highest BCUT2D eigenvalue weighted by molar-refractivity contribution is 5.68. The molecule has 0 spiro atoms. The molecule has 2 aromatic carbocycles. The second-order valence-electron chi connectivity index (χ2n) is 7.83. The largest absolute Gasteiger partial charge is 0.463 e. The Labute approximate surface area is 198 Å². The lowest BCUT2D eigenvalue weighted by Gasteiger charge is -2.45. The molecule has 1 saturated heterocycles. The first-order valence-corrected chi connectivity index (χ1v) is 10.9. The summed E-state index contributed by atoms with van der Waals surface area (Å²) in [5.74, 6) is -1.70. The molecule has 1 fully saturated rings. The molecule has 34 heavy (non-hydrogen) atoms. The van der Waals surface area contributed by atoms with E-state index in [-0.39, 0.29) is 13.2 Å². The van der Waals surface area contributed by atoms with Crippen molar-refractivity contribution >= 4 is 23.6 Å². The number of carbonyl (C=O) groups excluding carboxylic acids is 3. The number of hydrogen-bond donors (Lipinski definition) is 1. The molecule has 1 aliphatic heterocycles. The number of nitrogens with one attached hydrogen (secondary N) is 1. The smallest absolute Gasteiger partial charge is 0.303 e. The molecule has 0 aliphatic carbocycles. The minimum Gasteiger partial charge on any atom is -0.463 e. The molecule has 9 nitrogen and oxygen atoms in total. The predicted octanol–water partition coefficient (Wildman–Crippen LogP) is 2.84. The first kappa shape index (κ1) is 25.2. The first-order chi connectivity index (χ1) is 16.3. The van der Waals surface area contributed by atoms with Crippen LogP contribution >= 0.6 is 0 Å². The third-order valence-corrected chi connectivity index (χ3v) is 5.07. The number of anilines is 1. The Bertz CT molecular complexity index is 952. The second kappa shape index (κ2) is 12.2. The summed E-state index contributed by atoms with van der Waals surface area (Å²) in [6, 6.07) is 18.0. The maximum absolute atomic E-state index is 12.0. The van der Waals surface area contributed by atoms with Crippen LogP contribution in [0.5, 0.6) is 0 Å². The van der Waals surface area contributed by atoms with Crippen LogP contribution in [-0.2, 0) is 44.7 Å². The first-order valence-electron chi connectivity index (χ1n) is 10.9. The van der Waals surface area contributed by atoms with E-state index in [0.717, 1.165) is 11.3 Å². The molecule has 9 heteroatoms. The number of para-hydroxylation sites is 1. The predicted molar refractivity (Wildman–Crippen MR) is 121 cm³/mol. The van der Waals surface area contributed by atoms with Crippen molar-refractivity contribution < 1.29 is 38.1 Å². The lowest BCUT2D eigenvalue weighted by Crippen LogP contribution is -2.64. The van der Waals surface area contributed by atoms with Crippen molar-refractivity contribution in [3.63, 3.8) is 0 Å². The maximum Gasteiger partial charge on any atom is 0.303 e. The third-order valence-electron chi connectivity index (χ3n) is 5.07. The van der Waals surface area contributed by atoms with Gasteiger partial charge < -0.3 is 29.0 Å². The molecule has 0 radical (unpaired) electrons. The summed E-state index contributed by atoms with van der Waals surface area (Å²) in [7, 11) is 0. The van der Waals surface area contributed by atoms with Crippen molar-refractivity contribution in [2.24, 2.45) is 0 Å². The van der Waals surface area contributed by atoms with Crippen LogP contribution in [0.2, 0.25) is 0 Å². The number of hydrogen-bond acceptors (Lipinski definition) is 9. The Morgan fingerprint density at radius 3 is 2.00 bits per heavy atom. The van der Waals surface area contributed by atoms with Gasteiger partial charge in [-0.1, -0.05) is 48.5 Å². The molecule has 0 saturated carbocycles. The molecule has 1 heterocycles. The number of benzene rings is 2. The van der Waals surface area contributed by atoms with Gasteiger partial charge in [0.15, 0.2) is 18.5 Å². The number of carbonyl (C=O) groups is 3. The van der Waals surface area contributed by atoms with Crippen LogP contribution in [0.15, 0.2) is 60.7 Å². The minimum absolute atomic E-state index is 0.212. The summed E-state index contributed by atoms with van der Waals surface area (Å²) in [5, 5.41) is 3.29. The Kier molecular flexibility index (Phi) is 9.00. The highest BCUT2D eigenvalue weighted by Gasteiger charge is 2.51. The van der Waals surface area contributed by atoms with Crippen LogP contribution in [0.25, 0.3) is 0 Å². The van der Waals surface area contributed by atoms with E-state index in [1.165, 1.54) is 20.8 Å². The van der Waals surface area contributed by atoms with Crippen molar-refractivity contribution in [3.8, 4) is 0 Å². The average Bonchev–Trinajstić information content (AvgIpc) is 2.80. The van der Waals surface area contributed by atoms with Gasteiger partial charge in [-0.3, -0.25) is 14.4 Å². The molecule has 1 aliphatic rings. The van der Waals surface area contributed by atoms with Crippen molar-refractivity contribution in [2.45, 2.75) is 58.0 Å². The van der Waals surface area contributed by atoms with E-state index in [1.807, 2.05) is 60.7 Å². The topological polar surface area (TPSA) is 109 Å². The molecule has 0 amide bonds. The Hall–Kier alpha value is -3.43. The van der Waals surface area contributed by atoms with Gasteiger partial charge >= 0.3 is 17.9 Å². The SMILES string of the molecule is CC(=O)OC[C@H]1O[C@@H](OCc2ccccc2)[C@H](Nc2ccccc2)[C@@H](OC(C)=O)[C@@H]1OC(C)=O. The summed E-state index contributed by atoms with van der Waals surface area (Å²) in [6.45, 7) is 3.76. The van der Waals surface area contributed by atoms with Gasteiger partial charge in [0.2, 0.25) is 0 Å². The number of esters is 3. The fraction of sp³-hybridized carbons (Fsp3) is 0.400. The monoisotopic (exact) mass is 471 g/mol. The van der Waals surface area contributed by atoms with E-state index < -0.39 is 48.6 Å². The average molecular weight is 472 g/mol. The van der Waals surface area contributed by atoms with E-state index in [4.69, 9.17) is 23.7 Å². The summed E-state index contributed by atoms with van der Waals surface area (Å²) in [4.78, 5) is 35.4. The zero-order chi connectivity index (χ0) is 24.5. The molecular weight excluding hydrogens is 442 g/mol. The van der Waals surface area contributed by atoms with Crippen LogP contribution < -0.4 is 5.32 Å². The molecule has 0 bridgehead atoms. The molecule has 0 aromatic heterocycles. The van der Waals surface area contributed by atoms with E-state index in [1.54, 1.807) is 0 Å².